The fourth-order valence-electron chi connectivity index (χ4n) is 2.47. The normalized spacial score (nSPS) is 16.4. The minimum absolute atomic E-state index is 0.103. The number of benzene rings is 1. The Morgan fingerprint density at radius 3 is 2.80 bits per heavy atom. The number of piperidine rings is 1. The Hall–Kier alpha value is -1.46. The zero-order valence-corrected chi connectivity index (χ0v) is 12.1. The Morgan fingerprint density at radius 2 is 2.15 bits per heavy atom. The minimum atomic E-state index is -0.297. The summed E-state index contributed by atoms with van der Waals surface area (Å²) in [5.74, 6) is -0.399. The van der Waals surface area contributed by atoms with Gasteiger partial charge in [0, 0.05) is 11.7 Å². The summed E-state index contributed by atoms with van der Waals surface area (Å²) in [6.45, 7) is 4.03. The SMILES string of the molecule is Cc1ccc(NC(=O)CN(C)C2CCNCC2)cc1F. The largest absolute Gasteiger partial charge is 0.325 e. The summed E-state index contributed by atoms with van der Waals surface area (Å²) in [7, 11) is 1.96. The number of halogens is 1. The van der Waals surface area contributed by atoms with Crippen molar-refractivity contribution >= 4 is 11.6 Å². The third-order valence-corrected chi connectivity index (χ3v) is 3.78. The molecule has 1 aromatic rings. The van der Waals surface area contributed by atoms with E-state index in [4.69, 9.17) is 0 Å². The molecule has 1 fully saturated rings. The van der Waals surface area contributed by atoms with E-state index < -0.39 is 0 Å². The number of hydrogen-bond acceptors (Lipinski definition) is 3. The summed E-state index contributed by atoms with van der Waals surface area (Å²) in [5.41, 5.74) is 1.09. The lowest BCUT2D eigenvalue weighted by molar-refractivity contribution is -0.117. The van der Waals surface area contributed by atoms with Crippen molar-refractivity contribution in [1.29, 1.82) is 0 Å². The highest BCUT2D eigenvalue weighted by Crippen LogP contribution is 2.14. The Labute approximate surface area is 119 Å². The molecule has 2 N–H and O–H groups in total. The van der Waals surface area contributed by atoms with Crippen molar-refractivity contribution < 1.29 is 9.18 Å². The molecule has 110 valence electrons. The molecule has 20 heavy (non-hydrogen) atoms. The first-order valence-corrected chi connectivity index (χ1v) is 7.03. The van der Waals surface area contributed by atoms with Gasteiger partial charge in [-0.2, -0.15) is 0 Å². The molecule has 1 heterocycles. The smallest absolute Gasteiger partial charge is 0.238 e. The second-order valence-electron chi connectivity index (χ2n) is 5.41. The summed E-state index contributed by atoms with van der Waals surface area (Å²) >= 11 is 0. The molecular formula is C15H22FN3O. The maximum atomic E-state index is 13.4. The molecule has 1 aliphatic rings. The van der Waals surface area contributed by atoms with Crippen molar-refractivity contribution in [2.45, 2.75) is 25.8 Å². The van der Waals surface area contributed by atoms with Crippen LogP contribution >= 0.6 is 0 Å². The van der Waals surface area contributed by atoms with Crippen LogP contribution in [0.15, 0.2) is 18.2 Å². The van der Waals surface area contributed by atoms with Gasteiger partial charge in [0.25, 0.3) is 0 Å². The molecule has 0 atom stereocenters. The molecule has 5 heteroatoms. The molecule has 0 aliphatic carbocycles. The number of rotatable bonds is 4. The first-order chi connectivity index (χ1) is 9.56. The van der Waals surface area contributed by atoms with E-state index in [-0.39, 0.29) is 11.7 Å². The van der Waals surface area contributed by atoms with Crippen molar-refractivity contribution in [2.75, 3.05) is 32.0 Å². The Kier molecular flexibility index (Phi) is 5.09. The molecule has 0 radical (unpaired) electrons. The van der Waals surface area contributed by atoms with E-state index in [9.17, 15) is 9.18 Å². The second-order valence-corrected chi connectivity index (χ2v) is 5.41. The van der Waals surface area contributed by atoms with Crippen LogP contribution in [0.1, 0.15) is 18.4 Å². The Bertz CT molecular complexity index is 472. The molecule has 0 aromatic heterocycles. The maximum absolute atomic E-state index is 13.4. The number of hydrogen-bond donors (Lipinski definition) is 2. The highest BCUT2D eigenvalue weighted by Gasteiger charge is 2.19. The summed E-state index contributed by atoms with van der Waals surface area (Å²) in [4.78, 5) is 14.0. The predicted molar refractivity (Wildman–Crippen MR) is 78.3 cm³/mol. The molecule has 2 rings (SSSR count). The van der Waals surface area contributed by atoms with Crippen LogP contribution in [0.5, 0.6) is 0 Å². The monoisotopic (exact) mass is 279 g/mol. The third kappa shape index (κ3) is 4.02. The van der Waals surface area contributed by atoms with Gasteiger partial charge in [0.1, 0.15) is 5.82 Å². The highest BCUT2D eigenvalue weighted by atomic mass is 19.1. The van der Waals surface area contributed by atoms with Crippen LogP contribution in [0.4, 0.5) is 10.1 Å². The molecule has 1 aromatic carbocycles. The van der Waals surface area contributed by atoms with E-state index in [1.807, 2.05) is 7.05 Å². The van der Waals surface area contributed by atoms with Gasteiger partial charge in [-0.25, -0.2) is 4.39 Å². The number of aryl methyl sites for hydroxylation is 1. The fraction of sp³-hybridized carbons (Fsp3) is 0.533. The predicted octanol–water partition coefficient (Wildman–Crippen LogP) is 1.76. The zero-order valence-electron chi connectivity index (χ0n) is 12.1. The number of nitrogens with zero attached hydrogens (tertiary/aromatic N) is 1. The molecule has 0 spiro atoms. The van der Waals surface area contributed by atoms with Crippen molar-refractivity contribution in [3.8, 4) is 0 Å². The first-order valence-electron chi connectivity index (χ1n) is 7.03. The van der Waals surface area contributed by atoms with E-state index in [1.54, 1.807) is 19.1 Å². The number of amides is 1. The van der Waals surface area contributed by atoms with Gasteiger partial charge in [-0.15, -0.1) is 0 Å². The number of carbonyl (C=O) groups excluding carboxylic acids is 1. The van der Waals surface area contributed by atoms with Gasteiger partial charge in [-0.1, -0.05) is 6.07 Å². The van der Waals surface area contributed by atoms with E-state index in [2.05, 4.69) is 15.5 Å². The quantitative estimate of drug-likeness (QED) is 0.882. The zero-order chi connectivity index (χ0) is 14.5. The molecule has 1 amide bonds. The van der Waals surface area contributed by atoms with Crippen LogP contribution in [0, 0.1) is 12.7 Å². The summed E-state index contributed by atoms with van der Waals surface area (Å²) in [6, 6.07) is 5.19. The number of anilines is 1. The van der Waals surface area contributed by atoms with Crippen LogP contribution < -0.4 is 10.6 Å². The van der Waals surface area contributed by atoms with Gasteiger partial charge in [0.15, 0.2) is 0 Å². The van der Waals surface area contributed by atoms with Gasteiger partial charge >= 0.3 is 0 Å². The van der Waals surface area contributed by atoms with Crippen LogP contribution in [-0.2, 0) is 4.79 Å². The molecule has 0 bridgehead atoms. The highest BCUT2D eigenvalue weighted by molar-refractivity contribution is 5.92. The Morgan fingerprint density at radius 1 is 1.45 bits per heavy atom. The van der Waals surface area contributed by atoms with E-state index in [1.165, 1.54) is 6.07 Å². The second kappa shape index (κ2) is 6.81. The van der Waals surface area contributed by atoms with Gasteiger partial charge in [-0.3, -0.25) is 9.69 Å². The molecular weight excluding hydrogens is 257 g/mol. The topological polar surface area (TPSA) is 44.4 Å². The molecule has 4 nitrogen and oxygen atoms in total. The van der Waals surface area contributed by atoms with E-state index >= 15 is 0 Å². The molecule has 0 unspecified atom stereocenters. The van der Waals surface area contributed by atoms with Crippen molar-refractivity contribution in [3.05, 3.63) is 29.6 Å². The van der Waals surface area contributed by atoms with Crippen molar-refractivity contribution in [2.24, 2.45) is 0 Å². The molecule has 1 saturated heterocycles. The molecule has 1 aliphatic heterocycles. The summed E-state index contributed by atoms with van der Waals surface area (Å²) in [5, 5.41) is 6.05. The lowest BCUT2D eigenvalue weighted by atomic mass is 10.1. The van der Waals surface area contributed by atoms with Crippen LogP contribution in [-0.4, -0.2) is 43.5 Å². The average Bonchev–Trinajstić information content (AvgIpc) is 2.44. The Balaban J connectivity index is 1.86. The average molecular weight is 279 g/mol. The van der Waals surface area contributed by atoms with E-state index in [0.717, 1.165) is 25.9 Å². The van der Waals surface area contributed by atoms with Gasteiger partial charge in [-0.05, 0) is 57.6 Å². The third-order valence-electron chi connectivity index (χ3n) is 3.78. The van der Waals surface area contributed by atoms with Gasteiger partial charge < -0.3 is 10.6 Å². The maximum Gasteiger partial charge on any atom is 0.238 e. The fourth-order valence-corrected chi connectivity index (χ4v) is 2.47. The lowest BCUT2D eigenvalue weighted by Gasteiger charge is -2.31. The van der Waals surface area contributed by atoms with Crippen molar-refractivity contribution in [3.63, 3.8) is 0 Å². The number of nitrogens with one attached hydrogen (secondary N) is 2. The van der Waals surface area contributed by atoms with Crippen LogP contribution in [0.25, 0.3) is 0 Å². The summed E-state index contributed by atoms with van der Waals surface area (Å²) in [6.07, 6.45) is 2.12. The number of carbonyl (C=O) groups is 1. The lowest BCUT2D eigenvalue weighted by Crippen LogP contribution is -2.44. The van der Waals surface area contributed by atoms with Crippen LogP contribution in [0.3, 0.4) is 0 Å². The van der Waals surface area contributed by atoms with Crippen molar-refractivity contribution in [1.82, 2.24) is 10.2 Å². The summed E-state index contributed by atoms with van der Waals surface area (Å²) < 4.78 is 13.4. The molecule has 0 saturated carbocycles. The van der Waals surface area contributed by atoms with Gasteiger partial charge in [0.05, 0.1) is 6.54 Å². The minimum Gasteiger partial charge on any atom is -0.325 e. The standard InChI is InChI=1S/C15H22FN3O/c1-11-3-4-12(9-14(11)16)18-15(20)10-19(2)13-5-7-17-8-6-13/h3-4,9,13,17H,5-8,10H2,1-2H3,(H,18,20). The van der Waals surface area contributed by atoms with E-state index in [0.29, 0.717) is 23.8 Å². The van der Waals surface area contributed by atoms with Gasteiger partial charge in [0.2, 0.25) is 5.91 Å². The first kappa shape index (κ1) is 14.9. The van der Waals surface area contributed by atoms with Crippen LogP contribution in [0.2, 0.25) is 0 Å². The number of likely N-dealkylation sites (N-methyl/N-ethyl adjacent to an activating group) is 1.